The van der Waals surface area contributed by atoms with E-state index >= 15 is 0 Å². The van der Waals surface area contributed by atoms with Crippen LogP contribution in [0, 0.1) is 11.3 Å². The van der Waals surface area contributed by atoms with Gasteiger partial charge in [0.05, 0.1) is 10.6 Å². The molecule has 0 spiro atoms. The second kappa shape index (κ2) is 4.57. The van der Waals surface area contributed by atoms with Gasteiger partial charge in [0.2, 0.25) is 0 Å². The fraction of sp³-hybridized carbons (Fsp3) is 0. The SMILES string of the molecule is N#Cc1ccnc(Sc2nncs2)c1Cl. The molecule has 74 valence electrons. The van der Waals surface area contributed by atoms with Crippen molar-refractivity contribution in [3.05, 3.63) is 28.4 Å². The zero-order valence-corrected chi connectivity index (χ0v) is 9.60. The highest BCUT2D eigenvalue weighted by atomic mass is 35.5. The average molecular weight is 255 g/mol. The molecule has 0 aliphatic carbocycles. The summed E-state index contributed by atoms with van der Waals surface area (Å²) in [4.78, 5) is 4.08. The minimum absolute atomic E-state index is 0.361. The number of aromatic nitrogens is 3. The third-order valence-electron chi connectivity index (χ3n) is 1.50. The molecule has 0 aromatic carbocycles. The van der Waals surface area contributed by atoms with Crippen LogP contribution in [-0.2, 0) is 0 Å². The molecular formula is C8H3ClN4S2. The van der Waals surface area contributed by atoms with Crippen LogP contribution >= 0.6 is 34.7 Å². The van der Waals surface area contributed by atoms with Gasteiger partial charge in [-0.05, 0) is 17.8 Å². The van der Waals surface area contributed by atoms with Crippen LogP contribution in [0.5, 0.6) is 0 Å². The molecule has 0 saturated heterocycles. The molecule has 2 aromatic rings. The molecule has 0 unspecified atom stereocenters. The number of rotatable bonds is 2. The molecule has 0 radical (unpaired) electrons. The normalized spacial score (nSPS) is 9.87. The standard InChI is InChI=1S/C8H3ClN4S2/c9-6-5(3-10)1-2-11-7(6)15-8-13-12-4-14-8/h1-2,4H. The Balaban J connectivity index is 2.34. The summed E-state index contributed by atoms with van der Waals surface area (Å²) in [5.74, 6) is 0. The van der Waals surface area contributed by atoms with E-state index in [0.29, 0.717) is 15.6 Å². The fourth-order valence-electron chi connectivity index (χ4n) is 0.872. The first-order valence-electron chi connectivity index (χ1n) is 3.80. The van der Waals surface area contributed by atoms with Crippen molar-refractivity contribution in [1.82, 2.24) is 15.2 Å². The second-order valence-electron chi connectivity index (χ2n) is 2.40. The summed E-state index contributed by atoms with van der Waals surface area (Å²) < 4.78 is 0.750. The maximum Gasteiger partial charge on any atom is 0.180 e. The van der Waals surface area contributed by atoms with E-state index in [0.717, 1.165) is 4.34 Å². The largest absolute Gasteiger partial charge is 0.248 e. The highest BCUT2D eigenvalue weighted by Gasteiger charge is 2.10. The van der Waals surface area contributed by atoms with Crippen molar-refractivity contribution >= 4 is 34.7 Å². The smallest absolute Gasteiger partial charge is 0.180 e. The number of halogens is 1. The molecule has 0 fully saturated rings. The monoisotopic (exact) mass is 254 g/mol. The van der Waals surface area contributed by atoms with Crippen LogP contribution < -0.4 is 0 Å². The van der Waals surface area contributed by atoms with Crippen LogP contribution in [-0.4, -0.2) is 15.2 Å². The lowest BCUT2D eigenvalue weighted by Crippen LogP contribution is -1.85. The minimum Gasteiger partial charge on any atom is -0.248 e. The Morgan fingerprint density at radius 3 is 3.07 bits per heavy atom. The van der Waals surface area contributed by atoms with Gasteiger partial charge in [0.15, 0.2) is 4.34 Å². The van der Waals surface area contributed by atoms with E-state index in [1.54, 1.807) is 17.8 Å². The first kappa shape index (κ1) is 10.4. The molecule has 0 saturated carbocycles. The molecule has 2 aromatic heterocycles. The van der Waals surface area contributed by atoms with E-state index in [1.807, 2.05) is 6.07 Å². The van der Waals surface area contributed by atoms with E-state index in [-0.39, 0.29) is 0 Å². The Kier molecular flexibility index (Phi) is 3.16. The molecule has 0 aliphatic rings. The lowest BCUT2D eigenvalue weighted by molar-refractivity contribution is 1.01. The Hall–Kier alpha value is -1.16. The van der Waals surface area contributed by atoms with Crippen LogP contribution in [0.15, 0.2) is 27.1 Å². The molecule has 0 amide bonds. The van der Waals surface area contributed by atoms with E-state index < -0.39 is 0 Å². The predicted octanol–water partition coefficient (Wildman–Crippen LogP) is 2.61. The van der Waals surface area contributed by atoms with Crippen LogP contribution in [0.1, 0.15) is 5.56 Å². The topological polar surface area (TPSA) is 62.5 Å². The van der Waals surface area contributed by atoms with Crippen molar-refractivity contribution in [1.29, 1.82) is 5.26 Å². The van der Waals surface area contributed by atoms with Crippen molar-refractivity contribution in [2.75, 3.05) is 0 Å². The van der Waals surface area contributed by atoms with E-state index in [2.05, 4.69) is 15.2 Å². The van der Waals surface area contributed by atoms with Gasteiger partial charge in [0.1, 0.15) is 16.6 Å². The molecule has 0 N–H and O–H groups in total. The van der Waals surface area contributed by atoms with Crippen molar-refractivity contribution in [3.8, 4) is 6.07 Å². The number of nitrogens with zero attached hydrogens (tertiary/aromatic N) is 4. The molecular weight excluding hydrogens is 252 g/mol. The van der Waals surface area contributed by atoms with Crippen LogP contribution in [0.4, 0.5) is 0 Å². The third kappa shape index (κ3) is 2.26. The maximum atomic E-state index is 8.77. The number of hydrogen-bond acceptors (Lipinski definition) is 6. The van der Waals surface area contributed by atoms with Crippen LogP contribution in [0.2, 0.25) is 5.02 Å². The van der Waals surface area contributed by atoms with Crippen molar-refractivity contribution in [2.24, 2.45) is 0 Å². The lowest BCUT2D eigenvalue weighted by Gasteiger charge is -2.00. The van der Waals surface area contributed by atoms with Gasteiger partial charge in [0, 0.05) is 6.20 Å². The Morgan fingerprint density at radius 1 is 1.53 bits per heavy atom. The average Bonchev–Trinajstić information content (AvgIpc) is 2.74. The number of hydrogen-bond donors (Lipinski definition) is 0. The minimum atomic E-state index is 0.361. The van der Waals surface area contributed by atoms with Gasteiger partial charge in [-0.3, -0.25) is 0 Å². The molecule has 0 bridgehead atoms. The van der Waals surface area contributed by atoms with Crippen LogP contribution in [0.25, 0.3) is 0 Å². The number of nitriles is 1. The van der Waals surface area contributed by atoms with Gasteiger partial charge < -0.3 is 0 Å². The van der Waals surface area contributed by atoms with Crippen molar-refractivity contribution in [3.63, 3.8) is 0 Å². The Labute approximate surface area is 98.9 Å². The molecule has 2 rings (SSSR count). The lowest BCUT2D eigenvalue weighted by atomic mass is 10.3. The van der Waals surface area contributed by atoms with Gasteiger partial charge in [-0.1, -0.05) is 22.9 Å². The number of pyridine rings is 1. The molecule has 15 heavy (non-hydrogen) atoms. The first-order valence-corrected chi connectivity index (χ1v) is 5.87. The van der Waals surface area contributed by atoms with Crippen LogP contribution in [0.3, 0.4) is 0 Å². The second-order valence-corrected chi connectivity index (χ2v) is 4.84. The zero-order valence-electron chi connectivity index (χ0n) is 7.22. The fourth-order valence-corrected chi connectivity index (χ4v) is 2.55. The Morgan fingerprint density at radius 2 is 2.40 bits per heavy atom. The quantitative estimate of drug-likeness (QED) is 0.824. The molecule has 4 nitrogen and oxygen atoms in total. The summed E-state index contributed by atoms with van der Waals surface area (Å²) in [6.07, 6.45) is 1.55. The van der Waals surface area contributed by atoms with Crippen molar-refractivity contribution in [2.45, 2.75) is 9.37 Å². The predicted molar refractivity (Wildman–Crippen MR) is 58.0 cm³/mol. The first-order chi connectivity index (χ1) is 7.31. The maximum absolute atomic E-state index is 8.77. The molecule has 0 aliphatic heterocycles. The highest BCUT2D eigenvalue weighted by molar-refractivity contribution is 8.01. The van der Waals surface area contributed by atoms with E-state index in [1.165, 1.54) is 23.1 Å². The van der Waals surface area contributed by atoms with Gasteiger partial charge in [-0.2, -0.15) is 5.26 Å². The molecule has 2 heterocycles. The summed E-state index contributed by atoms with van der Waals surface area (Å²) in [5, 5.41) is 17.3. The molecule has 0 atom stereocenters. The summed E-state index contributed by atoms with van der Waals surface area (Å²) in [5.41, 5.74) is 2.04. The summed E-state index contributed by atoms with van der Waals surface area (Å²) in [7, 11) is 0. The summed E-state index contributed by atoms with van der Waals surface area (Å²) in [6.45, 7) is 0. The van der Waals surface area contributed by atoms with Gasteiger partial charge in [-0.25, -0.2) is 4.98 Å². The van der Waals surface area contributed by atoms with E-state index in [9.17, 15) is 0 Å². The zero-order chi connectivity index (χ0) is 10.7. The van der Waals surface area contributed by atoms with Gasteiger partial charge in [-0.15, -0.1) is 10.2 Å². The molecule has 7 heteroatoms. The third-order valence-corrected chi connectivity index (χ3v) is 3.78. The van der Waals surface area contributed by atoms with Gasteiger partial charge >= 0.3 is 0 Å². The van der Waals surface area contributed by atoms with E-state index in [4.69, 9.17) is 16.9 Å². The summed E-state index contributed by atoms with van der Waals surface area (Å²) in [6, 6.07) is 3.57. The summed E-state index contributed by atoms with van der Waals surface area (Å²) >= 11 is 8.68. The highest BCUT2D eigenvalue weighted by Crippen LogP contribution is 2.33. The van der Waals surface area contributed by atoms with Crippen molar-refractivity contribution < 1.29 is 0 Å². The van der Waals surface area contributed by atoms with Gasteiger partial charge in [0.25, 0.3) is 0 Å². The Bertz CT molecular complexity index is 506.